The highest BCUT2D eigenvalue weighted by Gasteiger charge is 2.38. The molecule has 0 radical (unpaired) electrons. The molecule has 3 N–H and O–H groups in total. The third-order valence-corrected chi connectivity index (χ3v) is 5.70. The minimum absolute atomic E-state index is 0.0193. The molecule has 0 spiro atoms. The first-order valence-corrected chi connectivity index (χ1v) is 9.59. The summed E-state index contributed by atoms with van der Waals surface area (Å²) in [5.74, 6) is -3.25. The number of nitrogens with one attached hydrogen (secondary N) is 1. The molecule has 2 rings (SSSR count). The number of primary amides is 1. The summed E-state index contributed by atoms with van der Waals surface area (Å²) in [5.41, 5.74) is 4.32. The number of nitrogens with two attached hydrogens (primary N) is 1. The number of nitrogens with zero attached hydrogens (tertiary/aromatic N) is 1. The van der Waals surface area contributed by atoms with E-state index in [-0.39, 0.29) is 17.9 Å². The van der Waals surface area contributed by atoms with E-state index in [0.717, 1.165) is 18.2 Å². The van der Waals surface area contributed by atoms with Gasteiger partial charge in [-0.2, -0.15) is 13.2 Å². The van der Waals surface area contributed by atoms with Gasteiger partial charge in [0.05, 0.1) is 14.7 Å². The van der Waals surface area contributed by atoms with Crippen LogP contribution < -0.4 is 11.1 Å². The first-order chi connectivity index (χ1) is 13.8. The number of nitro groups is 1. The largest absolute Gasteiger partial charge is 0.471 e. The third kappa shape index (κ3) is 5.11. The van der Waals surface area contributed by atoms with Crippen LogP contribution in [0.15, 0.2) is 52.3 Å². The molecule has 160 valence electrons. The number of hydrogen-bond acceptors (Lipinski definition) is 6. The average Bonchev–Trinajstić information content (AvgIpc) is 2.66. The molecule has 2 aromatic rings. The number of carbonyl (C=O) groups excluding carboxylic acids is 2. The van der Waals surface area contributed by atoms with E-state index in [1.54, 1.807) is 5.32 Å². The number of rotatable bonds is 7. The van der Waals surface area contributed by atoms with Gasteiger partial charge in [0, 0.05) is 12.6 Å². The molecule has 0 aliphatic heterocycles. The number of amides is 2. The van der Waals surface area contributed by atoms with Gasteiger partial charge in [0.2, 0.25) is 9.84 Å². The minimum Gasteiger partial charge on any atom is -0.365 e. The number of halogens is 3. The van der Waals surface area contributed by atoms with Crippen molar-refractivity contribution in [2.45, 2.75) is 22.4 Å². The molecule has 0 aliphatic carbocycles. The van der Waals surface area contributed by atoms with Crippen LogP contribution in [0.2, 0.25) is 0 Å². The summed E-state index contributed by atoms with van der Waals surface area (Å²) in [4.78, 5) is 31.6. The fourth-order valence-corrected chi connectivity index (χ4v) is 3.72. The van der Waals surface area contributed by atoms with E-state index in [9.17, 15) is 41.3 Å². The third-order valence-electron chi connectivity index (χ3n) is 3.93. The quantitative estimate of drug-likeness (QED) is 0.490. The normalized spacial score (nSPS) is 11.7. The van der Waals surface area contributed by atoms with Crippen LogP contribution in [0.5, 0.6) is 0 Å². The maximum atomic E-state index is 12.7. The lowest BCUT2D eigenvalue weighted by molar-refractivity contribution is -0.385. The summed E-state index contributed by atoms with van der Waals surface area (Å²) in [5, 5.41) is 12.6. The van der Waals surface area contributed by atoms with Crippen LogP contribution in [0.1, 0.15) is 15.9 Å². The van der Waals surface area contributed by atoms with E-state index < -0.39 is 48.9 Å². The first-order valence-electron chi connectivity index (χ1n) is 8.11. The lowest BCUT2D eigenvalue weighted by Crippen LogP contribution is -2.37. The lowest BCUT2D eigenvalue weighted by Gasteiger charge is -2.09. The molecule has 0 unspecified atom stereocenters. The second-order valence-corrected chi connectivity index (χ2v) is 7.90. The maximum Gasteiger partial charge on any atom is 0.471 e. The summed E-state index contributed by atoms with van der Waals surface area (Å²) < 4.78 is 61.8. The summed E-state index contributed by atoms with van der Waals surface area (Å²) in [6, 6.07) is 7.66. The number of benzene rings is 2. The topological polar surface area (TPSA) is 149 Å². The molecule has 9 nitrogen and oxygen atoms in total. The Bertz CT molecular complexity index is 1100. The van der Waals surface area contributed by atoms with E-state index in [4.69, 9.17) is 5.73 Å². The molecule has 0 saturated carbocycles. The zero-order chi connectivity index (χ0) is 22.7. The average molecular weight is 445 g/mol. The van der Waals surface area contributed by atoms with Crippen LogP contribution in [0.3, 0.4) is 0 Å². The predicted molar refractivity (Wildman–Crippen MR) is 96.3 cm³/mol. The highest BCUT2D eigenvalue weighted by molar-refractivity contribution is 7.91. The van der Waals surface area contributed by atoms with Gasteiger partial charge in [0.1, 0.15) is 5.56 Å². The molecule has 30 heavy (non-hydrogen) atoms. The molecule has 2 aromatic carbocycles. The van der Waals surface area contributed by atoms with Crippen LogP contribution in [0.4, 0.5) is 18.9 Å². The van der Waals surface area contributed by atoms with Crippen molar-refractivity contribution in [3.8, 4) is 0 Å². The second-order valence-electron chi connectivity index (χ2n) is 5.95. The fraction of sp³-hybridized carbons (Fsp3) is 0.176. The standard InChI is InChI=1S/C17H14F3N3O6S/c18-17(19,20)16(25)22-8-7-10-1-3-11(4-2-10)30(28,29)12-5-6-14(23(26)27)13(9-12)15(21)24/h1-6,9H,7-8H2,(H2,21,24)(H,22,25). The van der Waals surface area contributed by atoms with Crippen LogP contribution in [-0.2, 0) is 21.1 Å². The van der Waals surface area contributed by atoms with E-state index in [0.29, 0.717) is 5.56 Å². The van der Waals surface area contributed by atoms with Gasteiger partial charge >= 0.3 is 12.1 Å². The van der Waals surface area contributed by atoms with E-state index in [2.05, 4.69) is 0 Å². The van der Waals surface area contributed by atoms with Crippen molar-refractivity contribution in [3.63, 3.8) is 0 Å². The SMILES string of the molecule is NC(=O)c1cc(S(=O)(=O)c2ccc(CCNC(=O)C(F)(F)F)cc2)ccc1[N+](=O)[O-]. The molecule has 0 atom stereocenters. The molecule has 0 aromatic heterocycles. The van der Waals surface area contributed by atoms with Gasteiger partial charge < -0.3 is 11.1 Å². The Morgan fingerprint density at radius 3 is 2.13 bits per heavy atom. The number of hydrogen-bond donors (Lipinski definition) is 2. The molecular formula is C17H14F3N3O6S. The molecule has 0 saturated heterocycles. The number of sulfone groups is 1. The number of carbonyl (C=O) groups is 2. The van der Waals surface area contributed by atoms with Gasteiger partial charge in [0.25, 0.3) is 11.6 Å². The van der Waals surface area contributed by atoms with Crippen molar-refractivity contribution in [1.82, 2.24) is 5.32 Å². The zero-order valence-electron chi connectivity index (χ0n) is 15.0. The van der Waals surface area contributed by atoms with Crippen LogP contribution >= 0.6 is 0 Å². The van der Waals surface area contributed by atoms with Crippen LogP contribution in [0, 0.1) is 10.1 Å². The van der Waals surface area contributed by atoms with E-state index in [1.807, 2.05) is 0 Å². The molecular weight excluding hydrogens is 431 g/mol. The molecule has 0 aliphatic rings. The second kappa shape index (κ2) is 8.49. The summed E-state index contributed by atoms with van der Waals surface area (Å²) in [6.07, 6.45) is -4.97. The van der Waals surface area contributed by atoms with Crippen molar-refractivity contribution in [1.29, 1.82) is 0 Å². The molecule has 0 bridgehead atoms. The van der Waals surface area contributed by atoms with Gasteiger partial charge in [-0.15, -0.1) is 0 Å². The molecule has 0 fully saturated rings. The van der Waals surface area contributed by atoms with Gasteiger partial charge in [0.15, 0.2) is 0 Å². The first kappa shape index (κ1) is 22.8. The van der Waals surface area contributed by atoms with E-state index in [1.165, 1.54) is 24.3 Å². The fourth-order valence-electron chi connectivity index (χ4n) is 2.43. The molecule has 0 heterocycles. The minimum atomic E-state index is -4.99. The van der Waals surface area contributed by atoms with Crippen molar-refractivity contribution in [3.05, 3.63) is 63.7 Å². The predicted octanol–water partition coefficient (Wildman–Crippen LogP) is 1.75. The maximum absolute atomic E-state index is 12.7. The highest BCUT2D eigenvalue weighted by Crippen LogP contribution is 2.27. The van der Waals surface area contributed by atoms with Crippen LogP contribution in [-0.4, -0.2) is 37.9 Å². The van der Waals surface area contributed by atoms with Gasteiger partial charge in [-0.25, -0.2) is 8.42 Å². The summed E-state index contributed by atoms with van der Waals surface area (Å²) >= 11 is 0. The van der Waals surface area contributed by atoms with Gasteiger partial charge in [-0.05, 0) is 36.2 Å². The summed E-state index contributed by atoms with van der Waals surface area (Å²) in [6.45, 7) is -0.311. The summed E-state index contributed by atoms with van der Waals surface area (Å²) in [7, 11) is -4.16. The van der Waals surface area contributed by atoms with Crippen molar-refractivity contribution < 1.29 is 36.1 Å². The van der Waals surface area contributed by atoms with Crippen LogP contribution in [0.25, 0.3) is 0 Å². The number of nitro benzene ring substituents is 1. The van der Waals surface area contributed by atoms with Gasteiger partial charge in [-0.1, -0.05) is 12.1 Å². The zero-order valence-corrected chi connectivity index (χ0v) is 15.8. The Hall–Kier alpha value is -3.48. The smallest absolute Gasteiger partial charge is 0.365 e. The Morgan fingerprint density at radius 2 is 1.63 bits per heavy atom. The lowest BCUT2D eigenvalue weighted by atomic mass is 10.1. The Labute approximate surface area is 167 Å². The van der Waals surface area contributed by atoms with Crippen molar-refractivity contribution in [2.75, 3.05) is 6.54 Å². The Balaban J connectivity index is 2.21. The van der Waals surface area contributed by atoms with Gasteiger partial charge in [-0.3, -0.25) is 19.7 Å². The van der Waals surface area contributed by atoms with Crippen molar-refractivity contribution in [2.24, 2.45) is 5.73 Å². The monoisotopic (exact) mass is 445 g/mol. The molecule has 13 heteroatoms. The Morgan fingerprint density at radius 1 is 1.07 bits per heavy atom. The Kier molecular flexibility index (Phi) is 6.45. The molecule has 2 amide bonds. The van der Waals surface area contributed by atoms with E-state index >= 15 is 0 Å². The number of alkyl halides is 3. The van der Waals surface area contributed by atoms with Crippen molar-refractivity contribution >= 4 is 27.3 Å². The highest BCUT2D eigenvalue weighted by atomic mass is 32.2.